The van der Waals surface area contributed by atoms with Crippen LogP contribution in [0.3, 0.4) is 0 Å². The molecule has 4 rings (SSSR count). The Morgan fingerprint density at radius 1 is 0.926 bits per heavy atom. The van der Waals surface area contributed by atoms with Crippen LogP contribution in [0.2, 0.25) is 0 Å². The summed E-state index contributed by atoms with van der Waals surface area (Å²) < 4.78 is 3.78. The lowest BCUT2D eigenvalue weighted by atomic mass is 10.1. The number of rotatable bonds is 7. The molecule has 0 radical (unpaired) electrons. The van der Waals surface area contributed by atoms with Gasteiger partial charge in [-0.05, 0) is 29.3 Å². The van der Waals surface area contributed by atoms with Crippen molar-refractivity contribution in [2.75, 3.05) is 0 Å². The highest BCUT2D eigenvalue weighted by atomic mass is 15.3. The Morgan fingerprint density at radius 3 is 2.44 bits per heavy atom. The number of hydrogen-bond donors (Lipinski definition) is 1. The molecule has 27 heavy (non-hydrogen) atoms. The van der Waals surface area contributed by atoms with E-state index in [9.17, 15) is 0 Å². The molecule has 0 amide bonds. The zero-order valence-electron chi connectivity index (χ0n) is 15.3. The van der Waals surface area contributed by atoms with Gasteiger partial charge in [-0.2, -0.15) is 10.2 Å². The van der Waals surface area contributed by atoms with E-state index in [2.05, 4.69) is 51.0 Å². The van der Waals surface area contributed by atoms with E-state index in [0.717, 1.165) is 30.9 Å². The maximum absolute atomic E-state index is 4.59. The van der Waals surface area contributed by atoms with Crippen molar-refractivity contribution >= 4 is 0 Å². The van der Waals surface area contributed by atoms with Gasteiger partial charge in [-0.1, -0.05) is 24.3 Å². The summed E-state index contributed by atoms with van der Waals surface area (Å²) in [5.41, 5.74) is 5.77. The summed E-state index contributed by atoms with van der Waals surface area (Å²) in [5.74, 6) is 0. The molecule has 6 heteroatoms. The first-order valence-electron chi connectivity index (χ1n) is 8.97. The van der Waals surface area contributed by atoms with Crippen molar-refractivity contribution in [3.8, 4) is 11.3 Å². The summed E-state index contributed by atoms with van der Waals surface area (Å²) in [6, 6.07) is 14.6. The molecule has 0 fully saturated rings. The van der Waals surface area contributed by atoms with Gasteiger partial charge in [0, 0.05) is 62.2 Å². The number of aromatic nitrogens is 5. The van der Waals surface area contributed by atoms with Crippen LogP contribution in [0.1, 0.15) is 16.7 Å². The number of nitrogens with zero attached hydrogens (tertiary/aromatic N) is 5. The van der Waals surface area contributed by atoms with Gasteiger partial charge >= 0.3 is 0 Å². The molecule has 0 bridgehead atoms. The van der Waals surface area contributed by atoms with E-state index < -0.39 is 0 Å². The third-order valence-electron chi connectivity index (χ3n) is 4.43. The van der Waals surface area contributed by atoms with Crippen molar-refractivity contribution in [1.82, 2.24) is 29.9 Å². The van der Waals surface area contributed by atoms with Crippen LogP contribution in [0.4, 0.5) is 0 Å². The lowest BCUT2D eigenvalue weighted by molar-refractivity contribution is 0.681. The van der Waals surface area contributed by atoms with Crippen molar-refractivity contribution in [3.63, 3.8) is 0 Å². The van der Waals surface area contributed by atoms with Crippen LogP contribution in [0, 0.1) is 0 Å². The average Bonchev–Trinajstić information content (AvgIpc) is 3.33. The number of hydrogen-bond acceptors (Lipinski definition) is 4. The highest BCUT2D eigenvalue weighted by Crippen LogP contribution is 2.21. The molecule has 0 unspecified atom stereocenters. The highest BCUT2D eigenvalue weighted by Gasteiger charge is 2.09. The first-order chi connectivity index (χ1) is 13.3. The lowest BCUT2D eigenvalue weighted by Gasteiger charge is -2.07. The van der Waals surface area contributed by atoms with E-state index in [-0.39, 0.29) is 0 Å². The largest absolute Gasteiger partial charge is 0.308 e. The van der Waals surface area contributed by atoms with Crippen LogP contribution < -0.4 is 5.32 Å². The molecule has 0 aliphatic carbocycles. The van der Waals surface area contributed by atoms with Gasteiger partial charge in [0.1, 0.15) is 0 Å². The molecule has 136 valence electrons. The molecule has 4 aromatic rings. The Balaban J connectivity index is 1.36. The minimum absolute atomic E-state index is 0.764. The predicted molar refractivity (Wildman–Crippen MR) is 105 cm³/mol. The van der Waals surface area contributed by atoms with E-state index in [4.69, 9.17) is 0 Å². The maximum Gasteiger partial charge on any atom is 0.0969 e. The second kappa shape index (κ2) is 7.97. The first kappa shape index (κ1) is 17.2. The number of pyridine rings is 1. The van der Waals surface area contributed by atoms with Gasteiger partial charge in [0.05, 0.1) is 12.2 Å². The summed E-state index contributed by atoms with van der Waals surface area (Å²) in [5, 5.41) is 12.4. The molecule has 1 N–H and O–H groups in total. The fourth-order valence-corrected chi connectivity index (χ4v) is 3.10. The molecule has 3 aromatic heterocycles. The molecule has 0 saturated carbocycles. The number of aryl methyl sites for hydroxylation is 1. The Kier molecular flexibility index (Phi) is 5.07. The average molecular weight is 358 g/mol. The fraction of sp³-hybridized carbons (Fsp3) is 0.190. The van der Waals surface area contributed by atoms with E-state index in [1.54, 1.807) is 18.6 Å². The van der Waals surface area contributed by atoms with Gasteiger partial charge in [0.15, 0.2) is 0 Å². The molecular formula is C21H22N6. The molecule has 6 nitrogen and oxygen atoms in total. The predicted octanol–water partition coefficient (Wildman–Crippen LogP) is 3.02. The summed E-state index contributed by atoms with van der Waals surface area (Å²) in [6.07, 6.45) is 9.44. The third-order valence-corrected chi connectivity index (χ3v) is 4.43. The third kappa shape index (κ3) is 4.30. The highest BCUT2D eigenvalue weighted by molar-refractivity contribution is 5.61. The second-order valence-corrected chi connectivity index (χ2v) is 6.54. The molecule has 0 aliphatic heterocycles. The standard InChI is InChI=1S/C21H22N6/c1-26-16-20(21(25-26)19-7-10-22-11-8-19)14-23-13-17-3-5-18(6-4-17)15-27-12-2-9-24-27/h2-12,16,23H,13-15H2,1H3. The molecular weight excluding hydrogens is 336 g/mol. The monoisotopic (exact) mass is 358 g/mol. The van der Waals surface area contributed by atoms with Gasteiger partial charge in [-0.3, -0.25) is 14.3 Å². The van der Waals surface area contributed by atoms with E-state index in [1.165, 1.54) is 16.7 Å². The van der Waals surface area contributed by atoms with Gasteiger partial charge in [0.25, 0.3) is 0 Å². The Morgan fingerprint density at radius 2 is 1.70 bits per heavy atom. The minimum Gasteiger partial charge on any atom is -0.308 e. The number of nitrogens with one attached hydrogen (secondary N) is 1. The number of benzene rings is 1. The molecule has 0 spiro atoms. The molecule has 1 aromatic carbocycles. The van der Waals surface area contributed by atoms with Crippen LogP contribution in [0.15, 0.2) is 73.4 Å². The molecule has 0 aliphatic rings. The van der Waals surface area contributed by atoms with E-state index in [0.29, 0.717) is 0 Å². The summed E-state index contributed by atoms with van der Waals surface area (Å²) >= 11 is 0. The fourth-order valence-electron chi connectivity index (χ4n) is 3.10. The lowest BCUT2D eigenvalue weighted by Crippen LogP contribution is -2.13. The van der Waals surface area contributed by atoms with Gasteiger partial charge in [-0.15, -0.1) is 0 Å². The Bertz CT molecular complexity index is 971. The first-order valence-corrected chi connectivity index (χ1v) is 8.97. The van der Waals surface area contributed by atoms with Crippen molar-refractivity contribution in [1.29, 1.82) is 0 Å². The Labute approximate surface area is 158 Å². The maximum atomic E-state index is 4.59. The smallest absolute Gasteiger partial charge is 0.0969 e. The van der Waals surface area contributed by atoms with Crippen molar-refractivity contribution in [2.24, 2.45) is 7.05 Å². The molecule has 0 atom stereocenters. The van der Waals surface area contributed by atoms with Crippen LogP contribution >= 0.6 is 0 Å². The molecule has 0 saturated heterocycles. The van der Waals surface area contributed by atoms with E-state index >= 15 is 0 Å². The van der Waals surface area contributed by atoms with Gasteiger partial charge in [-0.25, -0.2) is 0 Å². The minimum atomic E-state index is 0.764. The van der Waals surface area contributed by atoms with Crippen LogP contribution in [0.25, 0.3) is 11.3 Å². The normalized spacial score (nSPS) is 11.0. The zero-order chi connectivity index (χ0) is 18.5. The quantitative estimate of drug-likeness (QED) is 0.552. The van der Waals surface area contributed by atoms with E-state index in [1.807, 2.05) is 40.8 Å². The van der Waals surface area contributed by atoms with Gasteiger partial charge < -0.3 is 5.32 Å². The van der Waals surface area contributed by atoms with Crippen molar-refractivity contribution in [3.05, 3.63) is 90.1 Å². The topological polar surface area (TPSA) is 60.6 Å². The van der Waals surface area contributed by atoms with Crippen LogP contribution in [-0.2, 0) is 26.7 Å². The second-order valence-electron chi connectivity index (χ2n) is 6.54. The zero-order valence-corrected chi connectivity index (χ0v) is 15.3. The molecule has 3 heterocycles. The Hall–Kier alpha value is -3.25. The van der Waals surface area contributed by atoms with Gasteiger partial charge in [0.2, 0.25) is 0 Å². The SMILES string of the molecule is Cn1cc(CNCc2ccc(Cn3cccn3)cc2)c(-c2ccncc2)n1. The summed E-state index contributed by atoms with van der Waals surface area (Å²) in [7, 11) is 1.95. The van der Waals surface area contributed by atoms with Crippen molar-refractivity contribution in [2.45, 2.75) is 19.6 Å². The van der Waals surface area contributed by atoms with Crippen LogP contribution in [-0.4, -0.2) is 24.5 Å². The summed E-state index contributed by atoms with van der Waals surface area (Å²) in [4.78, 5) is 4.08. The summed E-state index contributed by atoms with van der Waals surface area (Å²) in [6.45, 7) is 2.37. The van der Waals surface area contributed by atoms with Crippen LogP contribution in [0.5, 0.6) is 0 Å². The van der Waals surface area contributed by atoms with Crippen molar-refractivity contribution < 1.29 is 0 Å².